The lowest BCUT2D eigenvalue weighted by molar-refractivity contribution is -0.123. The second-order valence-electron chi connectivity index (χ2n) is 5.38. The van der Waals surface area contributed by atoms with Crippen molar-refractivity contribution < 1.29 is 28.2 Å². The first-order chi connectivity index (χ1) is 12.0. The van der Waals surface area contributed by atoms with E-state index in [2.05, 4.69) is 5.32 Å². The maximum Gasteiger partial charge on any atom is 0.339 e. The van der Waals surface area contributed by atoms with Crippen molar-refractivity contribution >= 4 is 17.6 Å². The SMILES string of the molecule is CC(OC(=O)c1ccc2c(c1)OCCO2)C(=O)Nc1ccccc1F. The number of hydrogen-bond acceptors (Lipinski definition) is 5. The van der Waals surface area contributed by atoms with Gasteiger partial charge in [0.2, 0.25) is 0 Å². The van der Waals surface area contributed by atoms with Crippen molar-refractivity contribution in [1.29, 1.82) is 0 Å². The van der Waals surface area contributed by atoms with Crippen molar-refractivity contribution in [2.45, 2.75) is 13.0 Å². The second kappa shape index (κ2) is 7.21. The van der Waals surface area contributed by atoms with E-state index >= 15 is 0 Å². The number of halogens is 1. The van der Waals surface area contributed by atoms with E-state index in [-0.39, 0.29) is 11.3 Å². The molecule has 0 bridgehead atoms. The molecule has 0 fully saturated rings. The molecule has 0 radical (unpaired) electrons. The topological polar surface area (TPSA) is 73.9 Å². The van der Waals surface area contributed by atoms with E-state index < -0.39 is 23.8 Å². The van der Waals surface area contributed by atoms with Crippen LogP contribution in [-0.4, -0.2) is 31.2 Å². The number of fused-ring (bicyclic) bond motifs is 1. The van der Waals surface area contributed by atoms with E-state index in [1.54, 1.807) is 12.1 Å². The molecular weight excluding hydrogens is 329 g/mol. The zero-order valence-electron chi connectivity index (χ0n) is 13.5. The summed E-state index contributed by atoms with van der Waals surface area (Å²) in [4.78, 5) is 24.3. The third-order valence-electron chi connectivity index (χ3n) is 3.56. The number of rotatable bonds is 4. The minimum absolute atomic E-state index is 0.0229. The van der Waals surface area contributed by atoms with Gasteiger partial charge in [-0.3, -0.25) is 4.79 Å². The first-order valence-electron chi connectivity index (χ1n) is 7.70. The molecule has 7 heteroatoms. The van der Waals surface area contributed by atoms with Crippen LogP contribution in [0.5, 0.6) is 11.5 Å². The minimum atomic E-state index is -1.10. The lowest BCUT2D eigenvalue weighted by Gasteiger charge is -2.19. The van der Waals surface area contributed by atoms with Gasteiger partial charge in [0.05, 0.1) is 11.3 Å². The van der Waals surface area contributed by atoms with Gasteiger partial charge in [-0.2, -0.15) is 0 Å². The van der Waals surface area contributed by atoms with E-state index in [1.165, 1.54) is 37.3 Å². The Morgan fingerprint density at radius 3 is 2.60 bits per heavy atom. The van der Waals surface area contributed by atoms with Gasteiger partial charge in [-0.1, -0.05) is 12.1 Å². The summed E-state index contributed by atoms with van der Waals surface area (Å²) in [7, 11) is 0. The fraction of sp³-hybridized carbons (Fsp3) is 0.222. The summed E-state index contributed by atoms with van der Waals surface area (Å²) < 4.78 is 29.5. The third kappa shape index (κ3) is 3.88. The van der Waals surface area contributed by atoms with Gasteiger partial charge in [0, 0.05) is 0 Å². The molecule has 1 aliphatic rings. The van der Waals surface area contributed by atoms with Crippen molar-refractivity contribution in [3.8, 4) is 11.5 Å². The van der Waals surface area contributed by atoms with Crippen LogP contribution in [0.2, 0.25) is 0 Å². The molecule has 1 amide bonds. The molecule has 3 rings (SSSR count). The molecule has 0 saturated heterocycles. The van der Waals surface area contributed by atoms with Gasteiger partial charge >= 0.3 is 5.97 Å². The predicted octanol–water partition coefficient (Wildman–Crippen LogP) is 2.78. The van der Waals surface area contributed by atoms with Gasteiger partial charge < -0.3 is 19.5 Å². The van der Waals surface area contributed by atoms with Crippen LogP contribution in [0, 0.1) is 5.82 Å². The molecule has 1 atom stereocenters. The number of ether oxygens (including phenoxy) is 3. The Morgan fingerprint density at radius 2 is 1.84 bits per heavy atom. The summed E-state index contributed by atoms with van der Waals surface area (Å²) in [5.41, 5.74) is 0.254. The number of para-hydroxylation sites is 1. The lowest BCUT2D eigenvalue weighted by atomic mass is 10.2. The summed E-state index contributed by atoms with van der Waals surface area (Å²) in [5.74, 6) is -0.886. The number of nitrogens with one attached hydrogen (secondary N) is 1. The lowest BCUT2D eigenvalue weighted by Crippen LogP contribution is -2.30. The Kier molecular flexibility index (Phi) is 4.83. The molecule has 130 valence electrons. The van der Waals surface area contributed by atoms with Crippen molar-refractivity contribution in [3.05, 3.63) is 53.8 Å². The molecule has 2 aromatic carbocycles. The van der Waals surface area contributed by atoms with Crippen molar-refractivity contribution in [1.82, 2.24) is 0 Å². The van der Waals surface area contributed by atoms with E-state index in [1.807, 2.05) is 0 Å². The normalized spacial score (nSPS) is 13.7. The zero-order chi connectivity index (χ0) is 17.8. The van der Waals surface area contributed by atoms with Crippen LogP contribution in [0.15, 0.2) is 42.5 Å². The Labute approximate surface area is 143 Å². The Morgan fingerprint density at radius 1 is 1.12 bits per heavy atom. The maximum absolute atomic E-state index is 13.6. The highest BCUT2D eigenvalue weighted by molar-refractivity contribution is 5.97. The van der Waals surface area contributed by atoms with Crippen LogP contribution in [0.1, 0.15) is 17.3 Å². The average molecular weight is 345 g/mol. The van der Waals surface area contributed by atoms with E-state index in [4.69, 9.17) is 14.2 Å². The molecule has 0 saturated carbocycles. The highest BCUT2D eigenvalue weighted by Gasteiger charge is 2.21. The molecule has 1 aliphatic heterocycles. The second-order valence-corrected chi connectivity index (χ2v) is 5.38. The fourth-order valence-electron chi connectivity index (χ4n) is 2.25. The monoisotopic (exact) mass is 345 g/mol. The standard InChI is InChI=1S/C18H16FNO5/c1-11(17(21)20-14-5-3-2-4-13(14)19)25-18(22)12-6-7-15-16(10-12)24-9-8-23-15/h2-7,10-11H,8-9H2,1H3,(H,20,21). The molecule has 0 aromatic heterocycles. The van der Waals surface area contributed by atoms with Gasteiger partial charge in [-0.25, -0.2) is 9.18 Å². The van der Waals surface area contributed by atoms with Crippen LogP contribution in [0.4, 0.5) is 10.1 Å². The van der Waals surface area contributed by atoms with Crippen molar-refractivity contribution in [3.63, 3.8) is 0 Å². The molecule has 2 aromatic rings. The van der Waals surface area contributed by atoms with Gasteiger partial charge in [0.25, 0.3) is 5.91 Å². The molecule has 25 heavy (non-hydrogen) atoms. The number of benzene rings is 2. The molecule has 1 N–H and O–H groups in total. The quantitative estimate of drug-likeness (QED) is 0.863. The summed E-state index contributed by atoms with van der Waals surface area (Å²) in [6.07, 6.45) is -1.10. The molecule has 6 nitrogen and oxygen atoms in total. The van der Waals surface area contributed by atoms with Crippen molar-refractivity contribution in [2.24, 2.45) is 0 Å². The number of esters is 1. The number of carbonyl (C=O) groups is 2. The first kappa shape index (κ1) is 16.8. The third-order valence-corrected chi connectivity index (χ3v) is 3.56. The van der Waals surface area contributed by atoms with Crippen LogP contribution >= 0.6 is 0 Å². The molecule has 0 spiro atoms. The van der Waals surface area contributed by atoms with Crippen LogP contribution in [0.25, 0.3) is 0 Å². The Balaban J connectivity index is 1.64. The average Bonchev–Trinajstić information content (AvgIpc) is 2.63. The highest BCUT2D eigenvalue weighted by atomic mass is 19.1. The maximum atomic E-state index is 13.6. The number of anilines is 1. The first-order valence-corrected chi connectivity index (χ1v) is 7.70. The van der Waals surface area contributed by atoms with Gasteiger partial charge in [-0.15, -0.1) is 0 Å². The van der Waals surface area contributed by atoms with Crippen LogP contribution in [0.3, 0.4) is 0 Å². The van der Waals surface area contributed by atoms with Gasteiger partial charge in [0.15, 0.2) is 17.6 Å². The predicted molar refractivity (Wildman–Crippen MR) is 87.3 cm³/mol. The fourth-order valence-corrected chi connectivity index (χ4v) is 2.25. The van der Waals surface area contributed by atoms with Crippen molar-refractivity contribution in [2.75, 3.05) is 18.5 Å². The number of hydrogen-bond donors (Lipinski definition) is 1. The Hall–Kier alpha value is -3.09. The highest BCUT2D eigenvalue weighted by Crippen LogP contribution is 2.31. The smallest absolute Gasteiger partial charge is 0.339 e. The molecular formula is C18H16FNO5. The summed E-state index contributed by atoms with van der Waals surface area (Å²) in [6, 6.07) is 10.4. The van der Waals surface area contributed by atoms with E-state index in [0.29, 0.717) is 24.7 Å². The molecule has 1 heterocycles. The molecule has 0 aliphatic carbocycles. The number of carbonyl (C=O) groups excluding carboxylic acids is 2. The van der Waals surface area contributed by atoms with Crippen LogP contribution < -0.4 is 14.8 Å². The minimum Gasteiger partial charge on any atom is -0.486 e. The summed E-state index contributed by atoms with van der Waals surface area (Å²) in [5, 5.41) is 2.38. The van der Waals surface area contributed by atoms with E-state index in [0.717, 1.165) is 0 Å². The zero-order valence-corrected chi connectivity index (χ0v) is 13.5. The summed E-state index contributed by atoms with van der Waals surface area (Å²) >= 11 is 0. The van der Waals surface area contributed by atoms with E-state index in [9.17, 15) is 14.0 Å². The van der Waals surface area contributed by atoms with Gasteiger partial charge in [-0.05, 0) is 37.3 Å². The number of amides is 1. The van der Waals surface area contributed by atoms with Crippen LogP contribution in [-0.2, 0) is 9.53 Å². The largest absolute Gasteiger partial charge is 0.486 e. The summed E-state index contributed by atoms with van der Waals surface area (Å²) in [6.45, 7) is 2.25. The van der Waals surface area contributed by atoms with Gasteiger partial charge in [0.1, 0.15) is 19.0 Å². The Bertz CT molecular complexity index is 808. The molecule has 1 unspecified atom stereocenters.